The highest BCUT2D eigenvalue weighted by Gasteiger charge is 2.24. The normalized spacial score (nSPS) is 19.0. The Kier molecular flexibility index (Phi) is 2.76. The van der Waals surface area contributed by atoms with Crippen molar-refractivity contribution in [3.63, 3.8) is 0 Å². The van der Waals surface area contributed by atoms with Crippen LogP contribution in [-0.2, 0) is 9.63 Å². The van der Waals surface area contributed by atoms with Crippen LogP contribution in [0.15, 0.2) is 29.4 Å². The number of phenols is 1. The summed E-state index contributed by atoms with van der Waals surface area (Å²) >= 11 is 0. The second kappa shape index (κ2) is 4.22. The van der Waals surface area contributed by atoms with E-state index in [1.165, 1.54) is 0 Å². The summed E-state index contributed by atoms with van der Waals surface area (Å²) in [6.45, 7) is 0. The molecule has 2 N–H and O–H groups in total. The molecular weight excluding hydrogens is 210 g/mol. The first-order valence-corrected chi connectivity index (χ1v) is 4.89. The van der Waals surface area contributed by atoms with Crippen molar-refractivity contribution in [3.8, 4) is 5.75 Å². The van der Waals surface area contributed by atoms with Gasteiger partial charge in [-0.3, -0.25) is 4.79 Å². The molecule has 2 rings (SSSR count). The van der Waals surface area contributed by atoms with Crippen LogP contribution in [0.1, 0.15) is 18.4 Å². The number of carboxylic acids is 1. The molecule has 0 saturated carbocycles. The number of carbonyl (C=O) groups is 1. The first-order chi connectivity index (χ1) is 7.65. The van der Waals surface area contributed by atoms with Crippen molar-refractivity contribution < 1.29 is 19.8 Å². The summed E-state index contributed by atoms with van der Waals surface area (Å²) < 4.78 is 0. The number of aliphatic carboxylic acids is 1. The highest BCUT2D eigenvalue weighted by atomic mass is 16.6. The van der Waals surface area contributed by atoms with Gasteiger partial charge >= 0.3 is 5.97 Å². The van der Waals surface area contributed by atoms with E-state index >= 15 is 0 Å². The summed E-state index contributed by atoms with van der Waals surface area (Å²) in [7, 11) is 0. The van der Waals surface area contributed by atoms with Crippen molar-refractivity contribution in [2.45, 2.75) is 18.9 Å². The molecule has 0 spiro atoms. The van der Waals surface area contributed by atoms with Gasteiger partial charge in [-0.25, -0.2) is 0 Å². The maximum Gasteiger partial charge on any atom is 0.307 e. The van der Waals surface area contributed by atoms with E-state index in [0.29, 0.717) is 12.1 Å². The number of oxime groups is 1. The third-order valence-corrected chi connectivity index (χ3v) is 2.31. The van der Waals surface area contributed by atoms with E-state index in [1.54, 1.807) is 24.3 Å². The first kappa shape index (κ1) is 10.5. The van der Waals surface area contributed by atoms with Gasteiger partial charge in [0, 0.05) is 12.0 Å². The largest absolute Gasteiger partial charge is 0.508 e. The van der Waals surface area contributed by atoms with Crippen molar-refractivity contribution in [1.82, 2.24) is 0 Å². The Labute approximate surface area is 92.0 Å². The van der Waals surface area contributed by atoms with Gasteiger partial charge in [0.2, 0.25) is 0 Å². The van der Waals surface area contributed by atoms with Crippen molar-refractivity contribution in [3.05, 3.63) is 29.8 Å². The highest BCUT2D eigenvalue weighted by Crippen LogP contribution is 2.21. The molecule has 0 amide bonds. The average molecular weight is 221 g/mol. The van der Waals surface area contributed by atoms with Crippen molar-refractivity contribution in [1.29, 1.82) is 0 Å². The summed E-state index contributed by atoms with van der Waals surface area (Å²) in [5.41, 5.74) is 1.43. The van der Waals surface area contributed by atoms with Gasteiger partial charge in [0.25, 0.3) is 0 Å². The minimum atomic E-state index is -0.905. The van der Waals surface area contributed by atoms with E-state index in [4.69, 9.17) is 9.94 Å². The zero-order valence-electron chi connectivity index (χ0n) is 8.46. The third kappa shape index (κ3) is 2.31. The van der Waals surface area contributed by atoms with E-state index in [1.807, 2.05) is 0 Å². The summed E-state index contributed by atoms with van der Waals surface area (Å²) in [5, 5.41) is 21.7. The maximum absolute atomic E-state index is 10.5. The van der Waals surface area contributed by atoms with Gasteiger partial charge in [-0.15, -0.1) is 0 Å². The number of hydrogen-bond acceptors (Lipinski definition) is 4. The molecule has 16 heavy (non-hydrogen) atoms. The molecule has 0 aliphatic carbocycles. The number of nitrogens with zero attached hydrogens (tertiary/aromatic N) is 1. The van der Waals surface area contributed by atoms with Crippen LogP contribution >= 0.6 is 0 Å². The number of carboxylic acid groups (broad SMARTS) is 1. The lowest BCUT2D eigenvalue weighted by Gasteiger charge is -2.03. The number of hydrogen-bond donors (Lipinski definition) is 2. The third-order valence-electron chi connectivity index (χ3n) is 2.31. The molecule has 84 valence electrons. The molecule has 1 heterocycles. The van der Waals surface area contributed by atoms with Crippen LogP contribution in [-0.4, -0.2) is 28.0 Å². The quantitative estimate of drug-likeness (QED) is 0.807. The number of benzene rings is 1. The molecular formula is C11H11NO4. The Bertz CT molecular complexity index is 441. The van der Waals surface area contributed by atoms with E-state index < -0.39 is 12.1 Å². The molecule has 0 aromatic heterocycles. The molecule has 1 unspecified atom stereocenters. The van der Waals surface area contributed by atoms with E-state index in [-0.39, 0.29) is 12.2 Å². The summed E-state index contributed by atoms with van der Waals surface area (Å²) in [4.78, 5) is 15.5. The van der Waals surface area contributed by atoms with Gasteiger partial charge < -0.3 is 15.1 Å². The van der Waals surface area contributed by atoms with Gasteiger partial charge in [0.15, 0.2) is 0 Å². The predicted molar refractivity (Wildman–Crippen MR) is 56.4 cm³/mol. The second-order valence-electron chi connectivity index (χ2n) is 3.62. The molecule has 5 nitrogen and oxygen atoms in total. The fourth-order valence-corrected chi connectivity index (χ4v) is 1.59. The van der Waals surface area contributed by atoms with Gasteiger partial charge in [-0.2, -0.15) is 0 Å². The monoisotopic (exact) mass is 221 g/mol. The number of phenolic OH excluding ortho intramolecular Hbond substituents is 1. The Morgan fingerprint density at radius 3 is 3.06 bits per heavy atom. The molecule has 0 saturated heterocycles. The molecule has 1 aliphatic rings. The lowest BCUT2D eigenvalue weighted by Crippen LogP contribution is -2.13. The molecule has 0 fully saturated rings. The van der Waals surface area contributed by atoms with E-state index in [2.05, 4.69) is 5.16 Å². The molecule has 0 bridgehead atoms. The minimum Gasteiger partial charge on any atom is -0.508 e. The van der Waals surface area contributed by atoms with E-state index in [9.17, 15) is 9.90 Å². The molecule has 1 aromatic rings. The zero-order valence-corrected chi connectivity index (χ0v) is 8.46. The molecule has 1 aromatic carbocycles. The van der Waals surface area contributed by atoms with E-state index in [0.717, 1.165) is 5.56 Å². The van der Waals surface area contributed by atoms with Crippen LogP contribution in [0.2, 0.25) is 0 Å². The predicted octanol–water partition coefficient (Wildman–Crippen LogP) is 1.36. The Morgan fingerprint density at radius 1 is 1.56 bits per heavy atom. The summed E-state index contributed by atoms with van der Waals surface area (Å²) in [6, 6.07) is 6.64. The fraction of sp³-hybridized carbons (Fsp3) is 0.273. The highest BCUT2D eigenvalue weighted by molar-refractivity contribution is 6.01. The Morgan fingerprint density at radius 2 is 2.38 bits per heavy atom. The van der Waals surface area contributed by atoms with Gasteiger partial charge in [0.05, 0.1) is 12.1 Å². The van der Waals surface area contributed by atoms with Crippen LogP contribution in [0.5, 0.6) is 5.75 Å². The Balaban J connectivity index is 2.06. The molecule has 5 heteroatoms. The molecule has 0 radical (unpaired) electrons. The van der Waals surface area contributed by atoms with Gasteiger partial charge in [-0.05, 0) is 12.1 Å². The lowest BCUT2D eigenvalue weighted by atomic mass is 10.0. The maximum atomic E-state index is 10.5. The van der Waals surface area contributed by atoms with Gasteiger partial charge in [-0.1, -0.05) is 17.3 Å². The van der Waals surface area contributed by atoms with Crippen LogP contribution in [0.4, 0.5) is 0 Å². The topological polar surface area (TPSA) is 79.1 Å². The fourth-order valence-electron chi connectivity index (χ4n) is 1.59. The van der Waals surface area contributed by atoms with Crippen LogP contribution in [0, 0.1) is 0 Å². The SMILES string of the molecule is O=C(O)CC1CC(c2cccc(O)c2)=NO1. The van der Waals surface area contributed by atoms with Crippen molar-refractivity contribution in [2.75, 3.05) is 0 Å². The van der Waals surface area contributed by atoms with Crippen molar-refractivity contribution in [2.24, 2.45) is 5.16 Å². The molecule has 1 atom stereocenters. The average Bonchev–Trinajstić information content (AvgIpc) is 2.65. The zero-order chi connectivity index (χ0) is 11.5. The van der Waals surface area contributed by atoms with Crippen LogP contribution in [0.25, 0.3) is 0 Å². The van der Waals surface area contributed by atoms with Crippen LogP contribution in [0.3, 0.4) is 0 Å². The minimum absolute atomic E-state index is 0.0637. The van der Waals surface area contributed by atoms with Gasteiger partial charge in [0.1, 0.15) is 11.9 Å². The summed E-state index contributed by atoms with van der Waals surface area (Å²) in [6.07, 6.45) is -0.0171. The number of rotatable bonds is 3. The first-order valence-electron chi connectivity index (χ1n) is 4.89. The lowest BCUT2D eigenvalue weighted by molar-refractivity contribution is -0.139. The van der Waals surface area contributed by atoms with Crippen molar-refractivity contribution >= 4 is 11.7 Å². The Hall–Kier alpha value is -2.04. The summed E-state index contributed by atoms with van der Waals surface area (Å²) in [5.74, 6) is -0.751. The van der Waals surface area contributed by atoms with Crippen LogP contribution < -0.4 is 0 Å². The second-order valence-corrected chi connectivity index (χ2v) is 3.62. The standard InChI is InChI=1S/C11H11NO4/c13-8-3-1-2-7(4-8)10-5-9(16-12-10)6-11(14)15/h1-4,9,13H,5-6H2,(H,14,15). The molecule has 1 aliphatic heterocycles. The number of aromatic hydroxyl groups is 1. The smallest absolute Gasteiger partial charge is 0.307 e.